The molecule has 19 heavy (non-hydrogen) atoms. The van der Waals surface area contributed by atoms with Gasteiger partial charge < -0.3 is 11.1 Å². The summed E-state index contributed by atoms with van der Waals surface area (Å²) in [6, 6.07) is 14.9. The van der Waals surface area contributed by atoms with E-state index in [4.69, 9.17) is 5.73 Å². The van der Waals surface area contributed by atoms with Crippen LogP contribution in [0.1, 0.15) is 23.0 Å². The van der Waals surface area contributed by atoms with Gasteiger partial charge in [-0.05, 0) is 24.6 Å². The number of nitrogens with two attached hydrogens (primary N) is 1. The second-order valence-corrected chi connectivity index (χ2v) is 4.57. The van der Waals surface area contributed by atoms with Crippen molar-refractivity contribution in [1.82, 2.24) is 10.3 Å². The van der Waals surface area contributed by atoms with Crippen molar-refractivity contribution in [2.24, 2.45) is 5.73 Å². The first-order valence-corrected chi connectivity index (χ1v) is 6.15. The second-order valence-electron chi connectivity index (χ2n) is 4.57. The van der Waals surface area contributed by atoms with Crippen molar-refractivity contribution in [2.75, 3.05) is 6.54 Å². The predicted molar refractivity (Wildman–Crippen MR) is 74.6 cm³/mol. The predicted octanol–water partition coefficient (Wildman–Crippen LogP) is 1.69. The van der Waals surface area contributed by atoms with Crippen molar-refractivity contribution in [3.8, 4) is 0 Å². The molecule has 3 N–H and O–H groups in total. The number of pyridine rings is 1. The van der Waals surface area contributed by atoms with Crippen LogP contribution >= 0.6 is 0 Å². The molecule has 1 aromatic heterocycles. The van der Waals surface area contributed by atoms with Crippen molar-refractivity contribution >= 4 is 5.91 Å². The van der Waals surface area contributed by atoms with E-state index in [-0.39, 0.29) is 5.91 Å². The van der Waals surface area contributed by atoms with E-state index in [1.54, 1.807) is 24.4 Å². The summed E-state index contributed by atoms with van der Waals surface area (Å²) in [7, 11) is 0. The number of hydrogen-bond donors (Lipinski definition) is 2. The summed E-state index contributed by atoms with van der Waals surface area (Å²) >= 11 is 0. The van der Waals surface area contributed by atoms with Gasteiger partial charge in [-0.3, -0.25) is 9.78 Å². The van der Waals surface area contributed by atoms with Gasteiger partial charge in [0.25, 0.3) is 5.91 Å². The Morgan fingerprint density at radius 2 is 1.89 bits per heavy atom. The lowest BCUT2D eigenvalue weighted by Crippen LogP contribution is -2.49. The number of carbonyl (C=O) groups excluding carboxylic acids is 1. The summed E-state index contributed by atoms with van der Waals surface area (Å²) < 4.78 is 0. The van der Waals surface area contributed by atoms with Gasteiger partial charge in [0.1, 0.15) is 5.69 Å². The first-order valence-electron chi connectivity index (χ1n) is 6.15. The highest BCUT2D eigenvalue weighted by molar-refractivity contribution is 5.92. The summed E-state index contributed by atoms with van der Waals surface area (Å²) in [5.41, 5.74) is 6.59. The van der Waals surface area contributed by atoms with Crippen LogP contribution in [0.5, 0.6) is 0 Å². The molecular formula is C15H17N3O. The maximum absolute atomic E-state index is 12.2. The number of carbonyl (C=O) groups is 1. The monoisotopic (exact) mass is 255 g/mol. The van der Waals surface area contributed by atoms with Crippen LogP contribution in [-0.2, 0) is 5.54 Å². The molecular weight excluding hydrogens is 238 g/mol. The molecule has 4 heteroatoms. The summed E-state index contributed by atoms with van der Waals surface area (Å²) in [6.45, 7) is 2.22. The van der Waals surface area contributed by atoms with Crippen molar-refractivity contribution in [3.05, 3.63) is 66.0 Å². The van der Waals surface area contributed by atoms with Crippen LogP contribution in [0.3, 0.4) is 0 Å². The zero-order chi connectivity index (χ0) is 13.7. The molecule has 0 saturated carbocycles. The van der Waals surface area contributed by atoms with E-state index >= 15 is 0 Å². The molecule has 1 atom stereocenters. The van der Waals surface area contributed by atoms with Gasteiger partial charge in [-0.1, -0.05) is 36.4 Å². The third kappa shape index (κ3) is 2.98. The lowest BCUT2D eigenvalue weighted by Gasteiger charge is -2.29. The molecule has 0 radical (unpaired) electrons. The normalized spacial score (nSPS) is 13.6. The van der Waals surface area contributed by atoms with Crippen molar-refractivity contribution < 1.29 is 4.79 Å². The van der Waals surface area contributed by atoms with E-state index in [2.05, 4.69) is 10.3 Å². The minimum atomic E-state index is -0.601. The summed E-state index contributed by atoms with van der Waals surface area (Å²) in [5, 5.41) is 2.95. The van der Waals surface area contributed by atoms with Crippen LogP contribution < -0.4 is 11.1 Å². The fourth-order valence-electron chi connectivity index (χ4n) is 1.86. The number of amides is 1. The molecule has 0 fully saturated rings. The Labute approximate surface area is 112 Å². The van der Waals surface area contributed by atoms with Crippen LogP contribution in [-0.4, -0.2) is 17.4 Å². The van der Waals surface area contributed by atoms with Crippen LogP contribution in [0.25, 0.3) is 0 Å². The molecule has 0 saturated heterocycles. The summed E-state index contributed by atoms with van der Waals surface area (Å²) in [6.07, 6.45) is 1.59. The maximum Gasteiger partial charge on any atom is 0.270 e. The first-order chi connectivity index (χ1) is 9.15. The minimum Gasteiger partial charge on any atom is -0.340 e. The highest BCUT2D eigenvalue weighted by atomic mass is 16.2. The fraction of sp³-hybridized carbons (Fsp3) is 0.200. The Hall–Kier alpha value is -2.20. The average Bonchev–Trinajstić information content (AvgIpc) is 2.49. The smallest absolute Gasteiger partial charge is 0.270 e. The zero-order valence-corrected chi connectivity index (χ0v) is 10.8. The largest absolute Gasteiger partial charge is 0.340 e. The quantitative estimate of drug-likeness (QED) is 0.873. The molecule has 0 aliphatic carbocycles. The molecule has 1 heterocycles. The topological polar surface area (TPSA) is 68.0 Å². The maximum atomic E-state index is 12.2. The molecule has 1 unspecified atom stereocenters. The average molecular weight is 255 g/mol. The van der Waals surface area contributed by atoms with Crippen molar-refractivity contribution in [1.29, 1.82) is 0 Å². The van der Waals surface area contributed by atoms with Crippen LogP contribution in [0.2, 0.25) is 0 Å². The van der Waals surface area contributed by atoms with Crippen molar-refractivity contribution in [2.45, 2.75) is 12.5 Å². The van der Waals surface area contributed by atoms with Crippen LogP contribution in [0.4, 0.5) is 0 Å². The third-order valence-electron chi connectivity index (χ3n) is 3.11. The van der Waals surface area contributed by atoms with E-state index in [9.17, 15) is 4.79 Å². The minimum absolute atomic E-state index is 0.225. The standard InChI is InChI=1S/C15H17N3O/c1-15(11-16,12-7-3-2-4-8-12)18-14(19)13-9-5-6-10-17-13/h2-10H,11,16H2,1H3,(H,18,19). The van der Waals surface area contributed by atoms with Gasteiger partial charge in [0, 0.05) is 12.7 Å². The second kappa shape index (κ2) is 5.63. The molecule has 0 spiro atoms. The van der Waals surface area contributed by atoms with Gasteiger partial charge >= 0.3 is 0 Å². The summed E-state index contributed by atoms with van der Waals surface area (Å²) in [5.74, 6) is -0.225. The van der Waals surface area contributed by atoms with Gasteiger partial charge in [0.15, 0.2) is 0 Å². The number of hydrogen-bond acceptors (Lipinski definition) is 3. The van der Waals surface area contributed by atoms with E-state index < -0.39 is 5.54 Å². The number of nitrogens with one attached hydrogen (secondary N) is 1. The van der Waals surface area contributed by atoms with Gasteiger partial charge in [-0.2, -0.15) is 0 Å². The molecule has 0 aliphatic heterocycles. The lowest BCUT2D eigenvalue weighted by molar-refractivity contribution is 0.0902. The molecule has 0 bridgehead atoms. The van der Waals surface area contributed by atoms with Gasteiger partial charge in [-0.25, -0.2) is 0 Å². The van der Waals surface area contributed by atoms with E-state index in [0.717, 1.165) is 5.56 Å². The Balaban J connectivity index is 2.22. The highest BCUT2D eigenvalue weighted by Crippen LogP contribution is 2.19. The van der Waals surface area contributed by atoms with Crippen molar-refractivity contribution in [3.63, 3.8) is 0 Å². The van der Waals surface area contributed by atoms with Gasteiger partial charge in [0.05, 0.1) is 5.54 Å². The Kier molecular flexibility index (Phi) is 3.92. The SMILES string of the molecule is CC(CN)(NC(=O)c1ccccn1)c1ccccc1. The lowest BCUT2D eigenvalue weighted by atomic mass is 9.92. The number of rotatable bonds is 4. The number of nitrogens with zero attached hydrogens (tertiary/aromatic N) is 1. The number of benzene rings is 1. The van der Waals surface area contributed by atoms with E-state index in [1.807, 2.05) is 37.3 Å². The molecule has 2 aromatic rings. The molecule has 0 aliphatic rings. The molecule has 1 aromatic carbocycles. The number of aromatic nitrogens is 1. The zero-order valence-electron chi connectivity index (χ0n) is 10.8. The Morgan fingerprint density at radius 1 is 1.21 bits per heavy atom. The van der Waals surface area contributed by atoms with E-state index in [0.29, 0.717) is 12.2 Å². The molecule has 1 amide bonds. The Morgan fingerprint density at radius 3 is 2.47 bits per heavy atom. The van der Waals surface area contributed by atoms with Crippen LogP contribution in [0, 0.1) is 0 Å². The van der Waals surface area contributed by atoms with Gasteiger partial charge in [-0.15, -0.1) is 0 Å². The fourth-order valence-corrected chi connectivity index (χ4v) is 1.86. The molecule has 98 valence electrons. The molecule has 2 rings (SSSR count). The highest BCUT2D eigenvalue weighted by Gasteiger charge is 2.27. The first kappa shape index (κ1) is 13.2. The molecule has 4 nitrogen and oxygen atoms in total. The van der Waals surface area contributed by atoms with Crippen LogP contribution in [0.15, 0.2) is 54.7 Å². The third-order valence-corrected chi connectivity index (χ3v) is 3.11. The Bertz CT molecular complexity index is 542. The van der Waals surface area contributed by atoms with E-state index in [1.165, 1.54) is 0 Å². The summed E-state index contributed by atoms with van der Waals surface area (Å²) in [4.78, 5) is 16.2. The van der Waals surface area contributed by atoms with Gasteiger partial charge in [0.2, 0.25) is 0 Å².